The number of hydrogen-bond donors (Lipinski definition) is 3. The number of ether oxygens (including phenoxy) is 5. The number of methoxy groups -OCH3 is 2. The second kappa shape index (κ2) is 10.5. The van der Waals surface area contributed by atoms with Gasteiger partial charge in [0.1, 0.15) is 28.8 Å². The molecule has 2 aliphatic heterocycles. The Hall–Kier alpha value is -4.26. The lowest BCUT2D eigenvalue weighted by molar-refractivity contribution is -0.298. The van der Waals surface area contributed by atoms with Crippen molar-refractivity contribution in [1.82, 2.24) is 9.55 Å². The molecule has 6 rings (SSSR count). The van der Waals surface area contributed by atoms with Crippen molar-refractivity contribution in [3.05, 3.63) is 129 Å². The summed E-state index contributed by atoms with van der Waals surface area (Å²) in [6, 6.07) is 25.7. The molecule has 0 bridgehead atoms. The Morgan fingerprint density at radius 2 is 1.45 bits per heavy atom. The molecule has 0 saturated carbocycles. The van der Waals surface area contributed by atoms with E-state index in [0.717, 1.165) is 33.5 Å². The maximum atomic E-state index is 12.5. The van der Waals surface area contributed by atoms with Crippen LogP contribution < -0.4 is 20.7 Å². The van der Waals surface area contributed by atoms with Crippen molar-refractivity contribution >= 4 is 0 Å². The van der Waals surface area contributed by atoms with Crippen LogP contribution in [0, 0.1) is 0 Å². The molecule has 3 heterocycles. The molecule has 1 aromatic heterocycles. The molecule has 4 aromatic rings. The monoisotopic (exact) mass is 574 g/mol. The van der Waals surface area contributed by atoms with Gasteiger partial charge in [0.15, 0.2) is 6.23 Å². The van der Waals surface area contributed by atoms with E-state index in [9.17, 15) is 19.8 Å². The van der Waals surface area contributed by atoms with Crippen molar-refractivity contribution in [1.29, 1.82) is 0 Å². The van der Waals surface area contributed by atoms with E-state index < -0.39 is 40.6 Å². The fourth-order valence-corrected chi connectivity index (χ4v) is 5.73. The third kappa shape index (κ3) is 4.42. The van der Waals surface area contributed by atoms with Gasteiger partial charge in [0.05, 0.1) is 27.4 Å². The molecule has 3 N–H and O–H groups in total. The van der Waals surface area contributed by atoms with Gasteiger partial charge in [0.2, 0.25) is 5.79 Å². The van der Waals surface area contributed by atoms with Crippen molar-refractivity contribution in [2.75, 3.05) is 27.4 Å². The van der Waals surface area contributed by atoms with Gasteiger partial charge >= 0.3 is 5.69 Å². The van der Waals surface area contributed by atoms with E-state index in [4.69, 9.17) is 23.7 Å². The van der Waals surface area contributed by atoms with Crippen LogP contribution in [0.4, 0.5) is 0 Å². The summed E-state index contributed by atoms with van der Waals surface area (Å²) in [5.41, 5.74) is -1.65. The average molecular weight is 575 g/mol. The zero-order valence-corrected chi connectivity index (χ0v) is 22.9. The maximum absolute atomic E-state index is 12.5. The number of H-pyrrole nitrogens is 1. The molecule has 11 heteroatoms. The summed E-state index contributed by atoms with van der Waals surface area (Å²) in [4.78, 5) is 26.3. The highest BCUT2D eigenvalue weighted by molar-refractivity contribution is 5.49. The summed E-state index contributed by atoms with van der Waals surface area (Å²) < 4.78 is 30.4. The topological polar surface area (TPSA) is 141 Å². The van der Waals surface area contributed by atoms with Gasteiger partial charge < -0.3 is 33.9 Å². The summed E-state index contributed by atoms with van der Waals surface area (Å²) in [7, 11) is 3.18. The minimum absolute atomic E-state index is 0.0226. The lowest BCUT2D eigenvalue weighted by Crippen LogP contribution is -2.66. The summed E-state index contributed by atoms with van der Waals surface area (Å²) >= 11 is 0. The van der Waals surface area contributed by atoms with Crippen molar-refractivity contribution in [2.45, 2.75) is 29.3 Å². The Morgan fingerprint density at radius 3 is 1.95 bits per heavy atom. The summed E-state index contributed by atoms with van der Waals surface area (Å²) in [5, 5.41) is 22.2. The predicted molar refractivity (Wildman–Crippen MR) is 149 cm³/mol. The van der Waals surface area contributed by atoms with Gasteiger partial charge in [-0.15, -0.1) is 0 Å². The molecule has 42 heavy (non-hydrogen) atoms. The van der Waals surface area contributed by atoms with Crippen LogP contribution in [0.1, 0.15) is 22.9 Å². The molecular formula is C31H30N2O9. The smallest absolute Gasteiger partial charge is 0.330 e. The van der Waals surface area contributed by atoms with E-state index in [-0.39, 0.29) is 13.2 Å². The molecule has 2 aliphatic rings. The third-order valence-electron chi connectivity index (χ3n) is 7.88. The SMILES string of the molecule is COc1ccc(C(OC[C@]23CO[C@H]2C(O)(O)[C@H](n2ccc(=O)[nH]c2=O)O3)(c2ccccc2)c2ccc(OC)cc2)cc1. The lowest BCUT2D eigenvalue weighted by Gasteiger charge is -2.46. The summed E-state index contributed by atoms with van der Waals surface area (Å²) in [6.45, 7) is -0.173. The summed E-state index contributed by atoms with van der Waals surface area (Å²) in [5.74, 6) is -1.26. The van der Waals surface area contributed by atoms with Crippen LogP contribution >= 0.6 is 0 Å². The van der Waals surface area contributed by atoms with E-state index in [1.54, 1.807) is 14.2 Å². The van der Waals surface area contributed by atoms with E-state index in [1.165, 1.54) is 0 Å². The number of fused-ring (bicyclic) bond motifs is 1. The zero-order valence-electron chi connectivity index (χ0n) is 22.9. The van der Waals surface area contributed by atoms with E-state index >= 15 is 0 Å². The number of aromatic amines is 1. The molecule has 0 aliphatic carbocycles. The molecular weight excluding hydrogens is 544 g/mol. The van der Waals surface area contributed by atoms with Gasteiger partial charge in [0.25, 0.3) is 5.56 Å². The first-order valence-corrected chi connectivity index (χ1v) is 13.3. The quantitative estimate of drug-likeness (QED) is 0.202. The number of nitrogens with one attached hydrogen (secondary N) is 1. The molecule has 0 unspecified atom stereocenters. The molecule has 218 valence electrons. The first-order valence-electron chi connectivity index (χ1n) is 13.3. The van der Waals surface area contributed by atoms with Gasteiger partial charge in [-0.25, -0.2) is 4.79 Å². The van der Waals surface area contributed by atoms with Gasteiger partial charge in [-0.3, -0.25) is 14.3 Å². The molecule has 0 spiro atoms. The van der Waals surface area contributed by atoms with Crippen molar-refractivity contribution < 1.29 is 33.9 Å². The highest BCUT2D eigenvalue weighted by Crippen LogP contribution is 2.52. The highest BCUT2D eigenvalue weighted by atomic mass is 16.7. The molecule has 0 amide bonds. The minimum Gasteiger partial charge on any atom is -0.497 e. The predicted octanol–water partition coefficient (Wildman–Crippen LogP) is 1.91. The van der Waals surface area contributed by atoms with Crippen molar-refractivity contribution in [3.8, 4) is 11.5 Å². The Kier molecular flexibility index (Phi) is 7.00. The average Bonchev–Trinajstić information content (AvgIpc) is 3.14. The molecule has 0 radical (unpaired) electrons. The first kappa shape index (κ1) is 27.9. The number of aromatic nitrogens is 2. The Balaban J connectivity index is 1.45. The second-order valence-corrected chi connectivity index (χ2v) is 10.3. The van der Waals surface area contributed by atoms with Crippen LogP contribution in [-0.2, 0) is 19.8 Å². The Morgan fingerprint density at radius 1 is 0.881 bits per heavy atom. The first-order chi connectivity index (χ1) is 20.2. The van der Waals surface area contributed by atoms with Crippen LogP contribution in [0.25, 0.3) is 0 Å². The molecule has 11 nitrogen and oxygen atoms in total. The van der Waals surface area contributed by atoms with Gasteiger partial charge in [-0.1, -0.05) is 54.6 Å². The number of rotatable bonds is 9. The standard InChI is InChI=1S/C31H30N2O9/c1-38-23-12-8-21(9-13-23)30(20-6-4-3-5-7-20,22-10-14-24(39-2)15-11-22)41-19-29-18-40-26(29)31(36,37)27(42-29)33-17-16-25(34)32-28(33)35/h3-17,26-27,36-37H,18-19H2,1-2H3,(H,32,34,35)/t26-,27-,29-/m1/s1. The normalized spacial score (nSPS) is 22.7. The molecule has 2 fully saturated rings. The van der Waals surface area contributed by atoms with Crippen LogP contribution in [0.15, 0.2) is 101 Å². The van der Waals surface area contributed by atoms with Gasteiger partial charge in [-0.05, 0) is 41.0 Å². The molecule has 3 aromatic carbocycles. The number of aliphatic hydroxyl groups is 2. The van der Waals surface area contributed by atoms with Crippen molar-refractivity contribution in [2.24, 2.45) is 0 Å². The number of hydrogen-bond acceptors (Lipinski definition) is 9. The van der Waals surface area contributed by atoms with Crippen LogP contribution in [0.5, 0.6) is 11.5 Å². The van der Waals surface area contributed by atoms with Crippen LogP contribution in [0.3, 0.4) is 0 Å². The van der Waals surface area contributed by atoms with E-state index in [1.807, 2.05) is 78.9 Å². The third-order valence-corrected chi connectivity index (χ3v) is 7.88. The number of nitrogens with zero attached hydrogens (tertiary/aromatic N) is 1. The van der Waals surface area contributed by atoms with Crippen molar-refractivity contribution in [3.63, 3.8) is 0 Å². The second-order valence-electron chi connectivity index (χ2n) is 10.3. The Labute approximate surface area is 240 Å². The van der Waals surface area contributed by atoms with Gasteiger partial charge in [-0.2, -0.15) is 0 Å². The van der Waals surface area contributed by atoms with Gasteiger partial charge in [0, 0.05) is 12.3 Å². The maximum Gasteiger partial charge on any atom is 0.330 e. The van der Waals surface area contributed by atoms with E-state index in [0.29, 0.717) is 11.5 Å². The van der Waals surface area contributed by atoms with Crippen LogP contribution in [0.2, 0.25) is 0 Å². The largest absolute Gasteiger partial charge is 0.497 e. The van der Waals surface area contributed by atoms with E-state index in [2.05, 4.69) is 4.98 Å². The minimum atomic E-state index is -2.60. The zero-order chi connectivity index (χ0) is 29.5. The number of benzene rings is 3. The molecule has 2 saturated heterocycles. The van der Waals surface area contributed by atoms with Crippen LogP contribution in [-0.4, -0.2) is 64.7 Å². The fourth-order valence-electron chi connectivity index (χ4n) is 5.73. The highest BCUT2D eigenvalue weighted by Gasteiger charge is 2.71. The molecule has 3 atom stereocenters. The fraction of sp³-hybridized carbons (Fsp3) is 0.290. The lowest BCUT2D eigenvalue weighted by atomic mass is 9.79. The Bertz CT molecular complexity index is 1620. The summed E-state index contributed by atoms with van der Waals surface area (Å²) in [6.07, 6.45) is -1.66.